The van der Waals surface area contributed by atoms with Crippen molar-refractivity contribution in [3.63, 3.8) is 0 Å². The summed E-state index contributed by atoms with van der Waals surface area (Å²) in [5, 5.41) is 4.64. The summed E-state index contributed by atoms with van der Waals surface area (Å²) in [4.78, 5) is 46.1. The molecule has 160 valence electrons. The summed E-state index contributed by atoms with van der Waals surface area (Å²) >= 11 is 3.20. The number of rotatable bonds is 5. The van der Waals surface area contributed by atoms with E-state index >= 15 is 0 Å². The fourth-order valence-corrected chi connectivity index (χ4v) is 6.55. The molecule has 7 nitrogen and oxygen atoms in total. The molecule has 2 aromatic heterocycles. The lowest BCUT2D eigenvalue weighted by Gasteiger charge is -2.25. The topological polar surface area (TPSA) is 82.6 Å². The van der Waals surface area contributed by atoms with Gasteiger partial charge in [-0.15, -0.1) is 22.7 Å². The number of benzene rings is 1. The van der Waals surface area contributed by atoms with E-state index < -0.39 is 0 Å². The van der Waals surface area contributed by atoms with Crippen molar-refractivity contribution in [1.82, 2.24) is 14.8 Å². The summed E-state index contributed by atoms with van der Waals surface area (Å²) in [6.45, 7) is 4.73. The Morgan fingerprint density at radius 2 is 1.90 bits per heavy atom. The smallest absolute Gasteiger partial charge is 0.245 e. The second kappa shape index (κ2) is 8.14. The molecule has 5 rings (SSSR count). The van der Waals surface area contributed by atoms with Gasteiger partial charge in [0.15, 0.2) is 0 Å². The summed E-state index contributed by atoms with van der Waals surface area (Å²) < 4.78 is 1.11. The zero-order valence-corrected chi connectivity index (χ0v) is 18.8. The Morgan fingerprint density at radius 3 is 2.65 bits per heavy atom. The predicted octanol–water partition coefficient (Wildman–Crippen LogP) is 3.49. The van der Waals surface area contributed by atoms with Gasteiger partial charge in [0, 0.05) is 36.4 Å². The minimum Gasteiger partial charge on any atom is -0.316 e. The molecule has 1 saturated heterocycles. The molecule has 2 aliphatic rings. The minimum absolute atomic E-state index is 0.184. The molecule has 0 unspecified atom stereocenters. The van der Waals surface area contributed by atoms with Crippen molar-refractivity contribution in [2.75, 3.05) is 25.0 Å². The first-order valence-corrected chi connectivity index (χ1v) is 12.0. The molecule has 1 N–H and O–H groups in total. The summed E-state index contributed by atoms with van der Waals surface area (Å²) in [6.07, 6.45) is 1.27. The standard InChI is InChI=1S/C22H22N4O3S2/c1-2-25-10-9-13-16(11-25)31-22(24-17(27)12-26-18(28)7-8-19(26)29)20(13)21-23-14-5-3-4-6-15(14)30-21/h3-6H,2,7-12H2,1H3,(H,24,27). The molecule has 0 bridgehead atoms. The summed E-state index contributed by atoms with van der Waals surface area (Å²) in [5.41, 5.74) is 3.18. The zero-order valence-electron chi connectivity index (χ0n) is 17.1. The molecular formula is C22H22N4O3S2. The van der Waals surface area contributed by atoms with Gasteiger partial charge in [0.2, 0.25) is 17.7 Å². The van der Waals surface area contributed by atoms with Gasteiger partial charge in [0.1, 0.15) is 16.6 Å². The van der Waals surface area contributed by atoms with Crippen LogP contribution in [0.1, 0.15) is 30.2 Å². The largest absolute Gasteiger partial charge is 0.316 e. The van der Waals surface area contributed by atoms with Crippen molar-refractivity contribution in [1.29, 1.82) is 0 Å². The number of anilines is 1. The van der Waals surface area contributed by atoms with E-state index in [-0.39, 0.29) is 37.1 Å². The number of thiophene rings is 1. The molecule has 31 heavy (non-hydrogen) atoms. The molecule has 0 aliphatic carbocycles. The van der Waals surface area contributed by atoms with Crippen LogP contribution in [0.4, 0.5) is 5.00 Å². The maximum absolute atomic E-state index is 12.8. The highest BCUT2D eigenvalue weighted by Gasteiger charge is 2.32. The van der Waals surface area contributed by atoms with Crippen molar-refractivity contribution in [3.8, 4) is 10.6 Å². The normalized spacial score (nSPS) is 16.9. The Labute approximate surface area is 187 Å². The SMILES string of the molecule is CCN1CCc2c(sc(NC(=O)CN3C(=O)CCC3=O)c2-c2nc3ccccc3s2)C1. The number of likely N-dealkylation sites (tertiary alicyclic amines) is 1. The molecule has 0 saturated carbocycles. The van der Waals surface area contributed by atoms with Crippen LogP contribution < -0.4 is 5.32 Å². The Morgan fingerprint density at radius 1 is 1.13 bits per heavy atom. The van der Waals surface area contributed by atoms with Gasteiger partial charge in [0.25, 0.3) is 0 Å². The molecule has 1 fully saturated rings. The van der Waals surface area contributed by atoms with E-state index in [0.29, 0.717) is 0 Å². The summed E-state index contributed by atoms with van der Waals surface area (Å²) in [6, 6.07) is 8.02. The van der Waals surface area contributed by atoms with E-state index in [0.717, 1.165) is 56.7 Å². The highest BCUT2D eigenvalue weighted by atomic mass is 32.1. The average molecular weight is 455 g/mol. The van der Waals surface area contributed by atoms with E-state index in [1.165, 1.54) is 10.4 Å². The van der Waals surface area contributed by atoms with Crippen LogP contribution >= 0.6 is 22.7 Å². The number of nitrogens with one attached hydrogen (secondary N) is 1. The molecular weight excluding hydrogens is 432 g/mol. The first-order chi connectivity index (χ1) is 15.0. The summed E-state index contributed by atoms with van der Waals surface area (Å²) in [7, 11) is 0. The van der Waals surface area contributed by atoms with Crippen LogP contribution in [0.15, 0.2) is 24.3 Å². The van der Waals surface area contributed by atoms with Gasteiger partial charge in [-0.25, -0.2) is 4.98 Å². The second-order valence-corrected chi connectivity index (χ2v) is 9.87. The number of para-hydroxylation sites is 1. The molecule has 2 aliphatic heterocycles. The number of carbonyl (C=O) groups is 3. The Bertz CT molecular complexity index is 1150. The van der Waals surface area contributed by atoms with E-state index in [4.69, 9.17) is 4.98 Å². The van der Waals surface area contributed by atoms with E-state index in [9.17, 15) is 14.4 Å². The molecule has 0 spiro atoms. The number of amides is 3. The third-order valence-electron chi connectivity index (χ3n) is 5.80. The van der Waals surface area contributed by atoms with E-state index in [2.05, 4.69) is 23.2 Å². The van der Waals surface area contributed by atoms with Gasteiger partial charge in [-0.05, 0) is 30.7 Å². The second-order valence-electron chi connectivity index (χ2n) is 7.74. The molecule has 0 atom stereocenters. The van der Waals surface area contributed by atoms with Crippen LogP contribution in [0.5, 0.6) is 0 Å². The minimum atomic E-state index is -0.350. The van der Waals surface area contributed by atoms with Crippen LogP contribution in [-0.4, -0.2) is 52.1 Å². The third-order valence-corrected chi connectivity index (χ3v) is 7.99. The van der Waals surface area contributed by atoms with E-state index in [1.54, 1.807) is 22.7 Å². The lowest BCUT2D eigenvalue weighted by Crippen LogP contribution is -2.36. The van der Waals surface area contributed by atoms with Crippen LogP contribution in [0.2, 0.25) is 0 Å². The van der Waals surface area contributed by atoms with Gasteiger partial charge < -0.3 is 5.32 Å². The van der Waals surface area contributed by atoms with Crippen molar-refractivity contribution >= 4 is 55.6 Å². The Balaban J connectivity index is 1.50. The number of aromatic nitrogens is 1. The first kappa shape index (κ1) is 20.3. The molecule has 1 aromatic carbocycles. The molecule has 9 heteroatoms. The average Bonchev–Trinajstić information content (AvgIpc) is 3.43. The van der Waals surface area contributed by atoms with Gasteiger partial charge in [-0.1, -0.05) is 19.1 Å². The number of likely N-dealkylation sites (N-methyl/N-ethyl adjacent to an activating group) is 1. The number of fused-ring (bicyclic) bond motifs is 2. The highest BCUT2D eigenvalue weighted by molar-refractivity contribution is 7.22. The van der Waals surface area contributed by atoms with Crippen LogP contribution in [0.25, 0.3) is 20.8 Å². The molecule has 3 amide bonds. The zero-order chi connectivity index (χ0) is 21.5. The lowest BCUT2D eigenvalue weighted by molar-refractivity contribution is -0.141. The Hall–Kier alpha value is -2.62. The number of hydrogen-bond donors (Lipinski definition) is 1. The van der Waals surface area contributed by atoms with Crippen LogP contribution in [0.3, 0.4) is 0 Å². The number of imide groups is 1. The summed E-state index contributed by atoms with van der Waals surface area (Å²) in [5.74, 6) is -0.914. The molecule has 0 radical (unpaired) electrons. The van der Waals surface area contributed by atoms with Gasteiger partial charge in [0.05, 0.1) is 10.2 Å². The quantitative estimate of drug-likeness (QED) is 0.597. The fourth-order valence-electron chi connectivity index (χ4n) is 4.13. The van der Waals surface area contributed by atoms with Gasteiger partial charge in [-0.3, -0.25) is 24.2 Å². The molecule has 4 heterocycles. The van der Waals surface area contributed by atoms with Crippen LogP contribution in [0, 0.1) is 0 Å². The number of carbonyl (C=O) groups excluding carboxylic acids is 3. The maximum atomic E-state index is 12.8. The fraction of sp³-hybridized carbons (Fsp3) is 0.364. The maximum Gasteiger partial charge on any atom is 0.245 e. The molecule has 3 aromatic rings. The van der Waals surface area contributed by atoms with Gasteiger partial charge in [-0.2, -0.15) is 0 Å². The van der Waals surface area contributed by atoms with Crippen molar-refractivity contribution in [3.05, 3.63) is 34.7 Å². The number of thiazole rings is 1. The lowest BCUT2D eigenvalue weighted by atomic mass is 10.0. The van der Waals surface area contributed by atoms with Crippen molar-refractivity contribution < 1.29 is 14.4 Å². The third kappa shape index (κ3) is 3.77. The first-order valence-electron chi connectivity index (χ1n) is 10.4. The highest BCUT2D eigenvalue weighted by Crippen LogP contribution is 2.45. The number of hydrogen-bond acceptors (Lipinski definition) is 7. The van der Waals surface area contributed by atoms with Gasteiger partial charge >= 0.3 is 0 Å². The number of nitrogens with zero attached hydrogens (tertiary/aromatic N) is 3. The Kier molecular flexibility index (Phi) is 5.33. The van der Waals surface area contributed by atoms with Crippen molar-refractivity contribution in [2.24, 2.45) is 0 Å². The predicted molar refractivity (Wildman–Crippen MR) is 122 cm³/mol. The van der Waals surface area contributed by atoms with Crippen molar-refractivity contribution in [2.45, 2.75) is 32.7 Å². The van der Waals surface area contributed by atoms with Crippen LogP contribution in [-0.2, 0) is 27.3 Å². The monoisotopic (exact) mass is 454 g/mol. The van der Waals surface area contributed by atoms with E-state index in [1.807, 2.05) is 18.2 Å².